The quantitative estimate of drug-likeness (QED) is 0.0503. The lowest BCUT2D eigenvalue weighted by molar-refractivity contribution is -0.383. The molecular weight excluding hydrogens is 719 g/mol. The van der Waals surface area contributed by atoms with Crippen molar-refractivity contribution < 1.29 is 47.4 Å². The molecule has 51 heavy (non-hydrogen) atoms. The number of hydrogen-bond acceptors (Lipinski definition) is 16. The van der Waals surface area contributed by atoms with Gasteiger partial charge in [-0.25, -0.2) is 0 Å². The van der Waals surface area contributed by atoms with E-state index in [9.17, 15) is 35.2 Å². The van der Waals surface area contributed by atoms with Crippen molar-refractivity contribution >= 4 is 70.3 Å². The number of aromatic nitrogens is 3. The van der Waals surface area contributed by atoms with Crippen molar-refractivity contribution in [2.75, 3.05) is 20.4 Å². The maximum atomic E-state index is 11.5. The van der Waals surface area contributed by atoms with Gasteiger partial charge in [-0.15, -0.1) is 26.0 Å². The summed E-state index contributed by atoms with van der Waals surface area (Å²) in [5.74, 6) is 0.242. The molecule has 1 N–H and O–H groups in total. The predicted octanol–water partition coefficient (Wildman–Crippen LogP) is 6.61. The van der Waals surface area contributed by atoms with Crippen LogP contribution < -0.4 is 14.2 Å². The van der Waals surface area contributed by atoms with E-state index in [1.54, 1.807) is 0 Å². The molecule has 0 atom stereocenters. The summed E-state index contributed by atoms with van der Waals surface area (Å²) in [6.07, 6.45) is 4.24. The SMILES string of the molecule is Cl.O=[N+]([O-])c1ccc(OCO[P+](O)(OCOc2ccc([N+](=O)[O-])c3cccnc23)OCOc2ccc([N+](=O)[O-])c3cccnc23)c2ncccc12. The molecule has 3 heterocycles. The average Bonchev–Trinajstić information content (AvgIpc) is 3.11. The van der Waals surface area contributed by atoms with E-state index >= 15 is 0 Å². The molecule has 3 aromatic carbocycles. The zero-order valence-corrected chi connectivity index (χ0v) is 27.4. The Morgan fingerprint density at radius 1 is 0.529 bits per heavy atom. The van der Waals surface area contributed by atoms with Crippen LogP contribution in [0.1, 0.15) is 0 Å². The topological polar surface area (TPSA) is 244 Å². The molecule has 21 heteroatoms. The van der Waals surface area contributed by atoms with Crippen molar-refractivity contribution in [2.24, 2.45) is 0 Å². The van der Waals surface area contributed by atoms with E-state index in [0.29, 0.717) is 0 Å². The van der Waals surface area contributed by atoms with Gasteiger partial charge in [0, 0.05) is 36.8 Å². The van der Waals surface area contributed by atoms with Crippen LogP contribution in [-0.2, 0) is 13.6 Å². The van der Waals surface area contributed by atoms with Gasteiger partial charge in [0.25, 0.3) is 17.1 Å². The van der Waals surface area contributed by atoms with Gasteiger partial charge < -0.3 is 14.2 Å². The van der Waals surface area contributed by atoms with Gasteiger partial charge in [0.1, 0.15) is 33.8 Å². The number of fused-ring (bicyclic) bond motifs is 3. The van der Waals surface area contributed by atoms with Crippen LogP contribution in [-0.4, -0.2) is 55.0 Å². The molecule has 0 aliphatic rings. The fraction of sp³-hybridized carbons (Fsp3) is 0.100. The molecule has 6 aromatic rings. The molecule has 262 valence electrons. The molecule has 0 bridgehead atoms. The second-order valence-corrected chi connectivity index (χ2v) is 11.6. The molecule has 0 radical (unpaired) electrons. The average molecular weight is 742 g/mol. The first-order valence-corrected chi connectivity index (χ1v) is 15.6. The standard InChI is InChI=1S/C30H22N6O13P.ClH/c37-34(38)22-7-10-25(28-19(22)4-1-13-31-28)44-16-47-50(43,48-17-45-26-11-8-23(35(39)40)20-5-2-14-32-29(20)26)49-18-46-27-12-9-24(36(41)42)21-6-3-15-33-30(21)27;/h1-15,43H,16-18H2;1H/q+1;. The third-order valence-electron chi connectivity index (χ3n) is 7.01. The summed E-state index contributed by atoms with van der Waals surface area (Å²) in [5.41, 5.74) is -0.157. The predicted molar refractivity (Wildman–Crippen MR) is 181 cm³/mol. The molecule has 0 aliphatic carbocycles. The molecule has 0 saturated heterocycles. The van der Waals surface area contributed by atoms with Gasteiger partial charge in [-0.2, -0.15) is 4.89 Å². The van der Waals surface area contributed by atoms with Crippen molar-refractivity contribution in [2.45, 2.75) is 0 Å². The number of nitrogens with zero attached hydrogens (tertiary/aromatic N) is 6. The lowest BCUT2D eigenvalue weighted by Crippen LogP contribution is -2.16. The van der Waals surface area contributed by atoms with Crippen LogP contribution >= 0.6 is 20.6 Å². The van der Waals surface area contributed by atoms with Crippen LogP contribution in [0.25, 0.3) is 32.7 Å². The third-order valence-corrected chi connectivity index (χ3v) is 8.30. The summed E-state index contributed by atoms with van der Waals surface area (Å²) in [7, 11) is -4.40. The number of halogens is 1. The minimum Gasteiger partial charge on any atom is -0.461 e. The van der Waals surface area contributed by atoms with Gasteiger partial charge >= 0.3 is 8.17 Å². The number of nitro benzene ring substituents is 3. The van der Waals surface area contributed by atoms with Gasteiger partial charge in [0.15, 0.2) is 0 Å². The smallest absolute Gasteiger partial charge is 0.461 e. The number of ether oxygens (including phenoxy) is 3. The zero-order valence-electron chi connectivity index (χ0n) is 25.7. The minimum absolute atomic E-state index is 0. The molecule has 0 amide bonds. The molecule has 0 aliphatic heterocycles. The Morgan fingerprint density at radius 2 is 0.824 bits per heavy atom. The second kappa shape index (κ2) is 15.7. The van der Waals surface area contributed by atoms with Crippen molar-refractivity contribution in [3.8, 4) is 17.2 Å². The van der Waals surface area contributed by atoms with Crippen LogP contribution in [0, 0.1) is 30.3 Å². The maximum absolute atomic E-state index is 11.5. The first-order valence-electron chi connectivity index (χ1n) is 14.2. The summed E-state index contributed by atoms with van der Waals surface area (Å²) < 4.78 is 33.4. The first kappa shape index (κ1) is 36.3. The summed E-state index contributed by atoms with van der Waals surface area (Å²) in [6, 6.07) is 16.6. The molecular formula is C30H23ClN6O13P+. The van der Waals surface area contributed by atoms with Crippen molar-refractivity contribution in [3.63, 3.8) is 0 Å². The lowest BCUT2D eigenvalue weighted by Gasteiger charge is -2.17. The van der Waals surface area contributed by atoms with E-state index in [0.717, 1.165) is 0 Å². The molecule has 19 nitrogen and oxygen atoms in total. The Balaban J connectivity index is 0.00000504. The number of rotatable bonds is 15. The zero-order chi connectivity index (χ0) is 35.3. The highest BCUT2D eigenvalue weighted by molar-refractivity contribution is 7.55. The van der Waals surface area contributed by atoms with Gasteiger partial charge in [-0.05, 0) is 54.6 Å². The number of non-ortho nitro benzene ring substituents is 3. The summed E-state index contributed by atoms with van der Waals surface area (Å²) in [5, 5.41) is 35.0. The molecule has 6 rings (SSSR count). The van der Waals surface area contributed by atoms with E-state index in [-0.39, 0.29) is 79.4 Å². The highest BCUT2D eigenvalue weighted by Crippen LogP contribution is 2.58. The Labute approximate surface area is 291 Å². The molecule has 0 unspecified atom stereocenters. The number of hydrogen-bond donors (Lipinski definition) is 1. The largest absolute Gasteiger partial charge is 0.583 e. The molecule has 0 spiro atoms. The van der Waals surface area contributed by atoms with Gasteiger partial charge in [-0.1, -0.05) is 0 Å². The Hall–Kier alpha value is -5.95. The highest BCUT2D eigenvalue weighted by Gasteiger charge is 2.47. The Kier molecular flexibility index (Phi) is 11.2. The normalized spacial score (nSPS) is 11.2. The molecule has 3 aromatic heterocycles. The third kappa shape index (κ3) is 7.94. The van der Waals surface area contributed by atoms with Crippen LogP contribution in [0.2, 0.25) is 0 Å². The van der Waals surface area contributed by atoms with Gasteiger partial charge in [-0.3, -0.25) is 45.3 Å². The van der Waals surface area contributed by atoms with E-state index in [2.05, 4.69) is 15.0 Å². The van der Waals surface area contributed by atoms with Crippen molar-refractivity contribution in [1.82, 2.24) is 15.0 Å². The van der Waals surface area contributed by atoms with Crippen molar-refractivity contribution in [3.05, 3.63) is 122 Å². The van der Waals surface area contributed by atoms with Crippen LogP contribution in [0.3, 0.4) is 0 Å². The summed E-state index contributed by atoms with van der Waals surface area (Å²) in [6.45, 7) is -2.13. The first-order chi connectivity index (χ1) is 24.1. The van der Waals surface area contributed by atoms with E-state index in [4.69, 9.17) is 27.8 Å². The fourth-order valence-electron chi connectivity index (χ4n) is 4.80. The second-order valence-electron chi connectivity index (χ2n) is 9.86. The van der Waals surface area contributed by atoms with Gasteiger partial charge in [0.05, 0.1) is 30.9 Å². The van der Waals surface area contributed by atoms with E-state index in [1.807, 2.05) is 0 Å². The molecule has 0 saturated carbocycles. The maximum Gasteiger partial charge on any atom is 0.583 e. The van der Waals surface area contributed by atoms with Crippen molar-refractivity contribution in [1.29, 1.82) is 0 Å². The van der Waals surface area contributed by atoms with Crippen LogP contribution in [0.4, 0.5) is 17.1 Å². The summed E-state index contributed by atoms with van der Waals surface area (Å²) in [4.78, 5) is 56.5. The highest BCUT2D eigenvalue weighted by atomic mass is 35.5. The monoisotopic (exact) mass is 741 g/mol. The minimum atomic E-state index is -4.40. The fourth-order valence-corrected chi connectivity index (χ4v) is 5.58. The van der Waals surface area contributed by atoms with Gasteiger partial charge in [0.2, 0.25) is 20.4 Å². The van der Waals surface area contributed by atoms with Crippen LogP contribution in [0.15, 0.2) is 91.4 Å². The lowest BCUT2D eigenvalue weighted by atomic mass is 10.1. The Bertz CT molecular complexity index is 2020. The number of pyridine rings is 3. The van der Waals surface area contributed by atoms with Crippen LogP contribution in [0.5, 0.6) is 17.2 Å². The number of benzene rings is 3. The van der Waals surface area contributed by atoms with E-state index in [1.165, 1.54) is 91.4 Å². The number of nitro groups is 3. The van der Waals surface area contributed by atoms with E-state index < -0.39 is 43.3 Å². The molecule has 0 fully saturated rings. The Morgan fingerprint density at radius 3 is 1.10 bits per heavy atom. The summed E-state index contributed by atoms with van der Waals surface area (Å²) >= 11 is 0.